The third-order valence-corrected chi connectivity index (χ3v) is 11.9. The van der Waals surface area contributed by atoms with Gasteiger partial charge in [-0.1, -0.05) is 151 Å². The molecule has 0 fully saturated rings. The zero-order chi connectivity index (χ0) is 46.4. The third-order valence-electron chi connectivity index (χ3n) is 9.04. The SMILES string of the molecule is CCC(=O)NC(CCSC)C(=O)NCC(=O)c1ccccc1.CCC(=O)NC(CC[S+](C)CC(=O)c1ccccc1)C(=O)NCC(=O)c1ccccc1.O=C(CBr)c1ccccc1. The summed E-state index contributed by atoms with van der Waals surface area (Å²) >= 11 is 4.71. The summed E-state index contributed by atoms with van der Waals surface area (Å²) in [5.41, 5.74) is 2.52. The van der Waals surface area contributed by atoms with Crippen molar-refractivity contribution in [2.75, 3.05) is 48.2 Å². The maximum atomic E-state index is 12.6. The van der Waals surface area contributed by atoms with Gasteiger partial charge >= 0.3 is 0 Å². The minimum absolute atomic E-state index is 0.0680. The summed E-state index contributed by atoms with van der Waals surface area (Å²) in [6.07, 6.45) is 5.45. The number of nitrogens with one attached hydrogen (secondary N) is 4. The number of thioether (sulfide) groups is 1. The molecule has 4 amide bonds. The highest BCUT2D eigenvalue weighted by Crippen LogP contribution is 2.08. The molecule has 0 heterocycles. The smallest absolute Gasteiger partial charge is 0.243 e. The van der Waals surface area contributed by atoms with Gasteiger partial charge in [0.05, 0.1) is 24.7 Å². The van der Waals surface area contributed by atoms with Crippen LogP contribution in [0.25, 0.3) is 0 Å². The maximum absolute atomic E-state index is 12.6. The number of amides is 4. The molecule has 4 aromatic carbocycles. The van der Waals surface area contributed by atoms with Crippen LogP contribution in [0.2, 0.25) is 0 Å². The van der Waals surface area contributed by atoms with E-state index in [1.807, 2.05) is 73.2 Å². The third kappa shape index (κ3) is 22.0. The number of hydrogen-bond donors (Lipinski definition) is 4. The molecule has 0 spiro atoms. The van der Waals surface area contributed by atoms with Crippen molar-refractivity contribution in [3.8, 4) is 0 Å². The summed E-state index contributed by atoms with van der Waals surface area (Å²) in [6, 6.07) is 34.5. The van der Waals surface area contributed by atoms with Crippen molar-refractivity contribution in [2.45, 2.75) is 51.6 Å². The van der Waals surface area contributed by atoms with Crippen LogP contribution in [0.5, 0.6) is 0 Å². The Morgan fingerprint density at radius 1 is 0.540 bits per heavy atom. The predicted molar refractivity (Wildman–Crippen MR) is 258 cm³/mol. The van der Waals surface area contributed by atoms with E-state index >= 15 is 0 Å². The minimum Gasteiger partial charge on any atom is -0.347 e. The van der Waals surface area contributed by atoms with E-state index in [9.17, 15) is 38.4 Å². The topological polar surface area (TPSA) is 185 Å². The van der Waals surface area contributed by atoms with E-state index in [0.29, 0.717) is 52.8 Å². The van der Waals surface area contributed by atoms with Gasteiger partial charge in [0.25, 0.3) is 0 Å². The molecule has 336 valence electrons. The zero-order valence-electron chi connectivity index (χ0n) is 36.2. The lowest BCUT2D eigenvalue weighted by atomic mass is 10.1. The molecule has 4 rings (SSSR count). The van der Waals surface area contributed by atoms with Gasteiger partial charge in [0.1, 0.15) is 17.8 Å². The van der Waals surface area contributed by atoms with E-state index in [2.05, 4.69) is 37.2 Å². The second-order valence-corrected chi connectivity index (χ2v) is 17.7. The molecule has 4 aromatic rings. The van der Waals surface area contributed by atoms with E-state index in [1.54, 1.807) is 86.3 Å². The zero-order valence-corrected chi connectivity index (χ0v) is 39.5. The molecule has 0 aromatic heterocycles. The molecule has 3 unspecified atom stereocenters. The second-order valence-electron chi connectivity index (χ2n) is 13.9. The maximum Gasteiger partial charge on any atom is 0.243 e. The van der Waals surface area contributed by atoms with E-state index in [1.165, 1.54) is 0 Å². The molecule has 0 saturated heterocycles. The molecule has 63 heavy (non-hydrogen) atoms. The highest BCUT2D eigenvalue weighted by Gasteiger charge is 2.26. The molecular weight excluding hydrogens is 905 g/mol. The number of rotatable bonds is 23. The number of hydrogen-bond acceptors (Lipinski definition) is 9. The Hall–Kier alpha value is -5.38. The number of carbonyl (C=O) groups excluding carboxylic acids is 8. The van der Waals surface area contributed by atoms with Gasteiger partial charge in [-0.3, -0.25) is 38.4 Å². The van der Waals surface area contributed by atoms with E-state index in [0.717, 1.165) is 11.3 Å². The summed E-state index contributed by atoms with van der Waals surface area (Å²) in [7, 11) is -0.245. The molecule has 0 aliphatic carbocycles. The van der Waals surface area contributed by atoms with Crippen molar-refractivity contribution < 1.29 is 38.4 Å². The van der Waals surface area contributed by atoms with Gasteiger partial charge in [0.15, 0.2) is 23.1 Å². The van der Waals surface area contributed by atoms with Crippen LogP contribution in [-0.4, -0.2) is 107 Å². The molecule has 15 heteroatoms. The van der Waals surface area contributed by atoms with Crippen LogP contribution < -0.4 is 21.3 Å². The average molecular weight is 963 g/mol. The van der Waals surface area contributed by atoms with E-state index in [4.69, 9.17) is 0 Å². The fraction of sp³-hybridized carbons (Fsp3) is 0.333. The van der Waals surface area contributed by atoms with E-state index in [-0.39, 0.29) is 71.3 Å². The van der Waals surface area contributed by atoms with Gasteiger partial charge in [-0.05, 0) is 29.3 Å². The minimum atomic E-state index is -0.738. The molecule has 0 aliphatic heterocycles. The van der Waals surface area contributed by atoms with Crippen molar-refractivity contribution in [3.05, 3.63) is 144 Å². The van der Waals surface area contributed by atoms with Crippen molar-refractivity contribution in [1.82, 2.24) is 21.3 Å². The molecular formula is C48H58BrN4O8S2+. The molecule has 0 radical (unpaired) electrons. The van der Waals surface area contributed by atoms with Gasteiger partial charge < -0.3 is 21.3 Å². The number of Topliss-reactive ketones (excluding diaryl/α,β-unsaturated/α-hetero) is 4. The Kier molecular flexibility index (Phi) is 26.8. The number of alkyl halides is 1. The van der Waals surface area contributed by atoms with Gasteiger partial charge in [-0.2, -0.15) is 11.8 Å². The highest BCUT2D eigenvalue weighted by molar-refractivity contribution is 9.09. The first kappa shape index (κ1) is 53.8. The standard InChI is InChI=1S/C24H28N2O4S.C16H22N2O3S.C8H7BrO/c1-3-23(29)26-20(24(30)25-16-21(27)18-10-6-4-7-11-18)14-15-31(2)17-22(28)19-12-8-5-9-13-19;1-3-15(20)18-13(9-10-22-2)16(21)17-11-14(19)12-7-5-4-6-8-12;9-6-8(10)7-4-2-1-3-5-7/h4-13,20H,3,14-17H2,1-2H3,(H-,25,26,29,30);4-8,13H,3,9-11H2,1-2H3,(H,17,21)(H,18,20);1-5H,6H2/p+1. The van der Waals surface area contributed by atoms with Crippen LogP contribution in [0.4, 0.5) is 0 Å². The molecule has 12 nitrogen and oxygen atoms in total. The predicted octanol–water partition coefficient (Wildman–Crippen LogP) is 6.30. The first-order chi connectivity index (χ1) is 30.3. The summed E-state index contributed by atoms with van der Waals surface area (Å²) in [5.74, 6) is 0.505. The lowest BCUT2D eigenvalue weighted by Crippen LogP contribution is -2.48. The molecule has 0 bridgehead atoms. The monoisotopic (exact) mass is 961 g/mol. The van der Waals surface area contributed by atoms with Crippen molar-refractivity contribution in [3.63, 3.8) is 0 Å². The summed E-state index contributed by atoms with van der Waals surface area (Å²) in [4.78, 5) is 95.7. The number of ketones is 4. The summed E-state index contributed by atoms with van der Waals surface area (Å²) < 4.78 is 0. The van der Waals surface area contributed by atoms with Crippen molar-refractivity contribution >= 4 is 85.3 Å². The Bertz CT molecular complexity index is 2040. The fourth-order valence-electron chi connectivity index (χ4n) is 5.42. The van der Waals surface area contributed by atoms with Crippen molar-refractivity contribution in [2.24, 2.45) is 0 Å². The van der Waals surface area contributed by atoms with Gasteiger partial charge in [-0.25, -0.2) is 0 Å². The molecule has 0 saturated carbocycles. The van der Waals surface area contributed by atoms with Crippen LogP contribution in [0.1, 0.15) is 81.0 Å². The van der Waals surface area contributed by atoms with Crippen LogP contribution in [0.3, 0.4) is 0 Å². The van der Waals surface area contributed by atoms with Crippen LogP contribution >= 0.6 is 27.7 Å². The average Bonchev–Trinajstić information content (AvgIpc) is 3.33. The quantitative estimate of drug-likeness (QED) is 0.0377. The summed E-state index contributed by atoms with van der Waals surface area (Å²) in [6.45, 7) is 3.25. The highest BCUT2D eigenvalue weighted by atomic mass is 79.9. The van der Waals surface area contributed by atoms with Crippen LogP contribution in [0, 0.1) is 0 Å². The van der Waals surface area contributed by atoms with Crippen LogP contribution in [0.15, 0.2) is 121 Å². The first-order valence-electron chi connectivity index (χ1n) is 20.4. The first-order valence-corrected chi connectivity index (χ1v) is 24.9. The van der Waals surface area contributed by atoms with Crippen molar-refractivity contribution in [1.29, 1.82) is 0 Å². The van der Waals surface area contributed by atoms with E-state index < -0.39 is 18.0 Å². The van der Waals surface area contributed by atoms with Gasteiger partial charge in [0, 0.05) is 41.5 Å². The Morgan fingerprint density at radius 3 is 1.24 bits per heavy atom. The molecule has 4 N–H and O–H groups in total. The molecule has 3 atom stereocenters. The lowest BCUT2D eigenvalue weighted by molar-refractivity contribution is -0.128. The fourth-order valence-corrected chi connectivity index (χ4v) is 7.61. The Labute approximate surface area is 386 Å². The lowest BCUT2D eigenvalue weighted by Gasteiger charge is -2.17. The number of benzene rings is 4. The largest absolute Gasteiger partial charge is 0.347 e. The Balaban J connectivity index is 0.000000368. The Morgan fingerprint density at radius 2 is 0.889 bits per heavy atom. The number of halogens is 1. The van der Waals surface area contributed by atoms with Gasteiger partial charge in [-0.15, -0.1) is 0 Å². The molecule has 0 aliphatic rings. The normalized spacial score (nSPS) is 11.6. The summed E-state index contributed by atoms with van der Waals surface area (Å²) in [5, 5.41) is 11.1. The van der Waals surface area contributed by atoms with Crippen LogP contribution in [-0.2, 0) is 30.1 Å². The second kappa shape index (κ2) is 31.5. The number of carbonyl (C=O) groups is 8. The van der Waals surface area contributed by atoms with Gasteiger partial charge in [0.2, 0.25) is 29.4 Å².